The fourth-order valence-electron chi connectivity index (χ4n) is 3.55. The third-order valence-corrected chi connectivity index (χ3v) is 6.15. The molecule has 4 heterocycles. The molecule has 0 spiro atoms. The summed E-state index contributed by atoms with van der Waals surface area (Å²) in [6.45, 7) is 2.96. The van der Waals surface area contributed by atoms with E-state index in [9.17, 15) is 0 Å². The fourth-order valence-corrected chi connectivity index (χ4v) is 4.69. The van der Waals surface area contributed by atoms with Crippen LogP contribution in [0, 0.1) is 0 Å². The Labute approximate surface area is 154 Å². The molecule has 1 saturated heterocycles. The number of quaternary nitrogens is 1. The molecule has 0 aliphatic carbocycles. The first-order valence-electron chi connectivity index (χ1n) is 8.90. The average Bonchev–Trinajstić information content (AvgIpc) is 3.42. The van der Waals surface area contributed by atoms with E-state index < -0.39 is 0 Å². The molecule has 0 unspecified atom stereocenters. The van der Waals surface area contributed by atoms with Crippen molar-refractivity contribution in [1.82, 2.24) is 15.2 Å². The Morgan fingerprint density at radius 1 is 1.08 bits per heavy atom. The van der Waals surface area contributed by atoms with Crippen molar-refractivity contribution in [3.8, 4) is 11.7 Å². The summed E-state index contributed by atoms with van der Waals surface area (Å²) >= 11 is 1.84. The molecule has 0 bridgehead atoms. The number of piperidine rings is 1. The van der Waals surface area contributed by atoms with E-state index in [2.05, 4.69) is 34.5 Å². The van der Waals surface area contributed by atoms with Crippen LogP contribution in [0.15, 0.2) is 51.5 Å². The number of aromatic nitrogens is 3. The second-order valence-electron chi connectivity index (χ2n) is 6.70. The highest BCUT2D eigenvalue weighted by Gasteiger charge is 2.27. The highest BCUT2D eigenvalue weighted by Crippen LogP contribution is 2.31. The first-order chi connectivity index (χ1) is 12.8. The molecule has 26 heavy (non-hydrogen) atoms. The van der Waals surface area contributed by atoms with Crippen molar-refractivity contribution in [1.29, 1.82) is 0 Å². The molecule has 1 aliphatic heterocycles. The van der Waals surface area contributed by atoms with Crippen LogP contribution in [0.3, 0.4) is 0 Å². The number of nitrogens with zero attached hydrogens (tertiary/aromatic N) is 3. The number of thiazole rings is 1. The Kier molecular flexibility index (Phi) is 4.03. The Morgan fingerprint density at radius 2 is 1.96 bits per heavy atom. The van der Waals surface area contributed by atoms with E-state index in [0.717, 1.165) is 38.0 Å². The zero-order chi connectivity index (χ0) is 17.3. The number of fused-ring (bicyclic) bond motifs is 1. The molecule has 4 aromatic rings. The number of benzene rings is 1. The van der Waals surface area contributed by atoms with Crippen molar-refractivity contribution in [3.63, 3.8) is 0 Å². The van der Waals surface area contributed by atoms with Crippen LogP contribution in [0.2, 0.25) is 0 Å². The summed E-state index contributed by atoms with van der Waals surface area (Å²) in [4.78, 5) is 6.32. The van der Waals surface area contributed by atoms with Crippen molar-refractivity contribution < 1.29 is 13.7 Å². The fraction of sp³-hybridized carbons (Fsp3) is 0.316. The highest BCUT2D eigenvalue weighted by molar-refractivity contribution is 7.18. The van der Waals surface area contributed by atoms with E-state index >= 15 is 0 Å². The number of rotatable bonds is 4. The first-order valence-corrected chi connectivity index (χ1v) is 9.72. The van der Waals surface area contributed by atoms with Crippen LogP contribution in [0.1, 0.15) is 29.7 Å². The predicted molar refractivity (Wildman–Crippen MR) is 98.0 cm³/mol. The van der Waals surface area contributed by atoms with Gasteiger partial charge in [0.1, 0.15) is 0 Å². The van der Waals surface area contributed by atoms with E-state index in [1.165, 1.54) is 14.6 Å². The molecular formula is C19H19N4O2S+. The van der Waals surface area contributed by atoms with Crippen molar-refractivity contribution in [3.05, 3.63) is 53.6 Å². The van der Waals surface area contributed by atoms with Gasteiger partial charge in [-0.25, -0.2) is 4.98 Å². The molecule has 0 saturated carbocycles. The van der Waals surface area contributed by atoms with Gasteiger partial charge in [-0.3, -0.25) is 0 Å². The Morgan fingerprint density at radius 3 is 2.77 bits per heavy atom. The maximum atomic E-state index is 5.74. The van der Waals surface area contributed by atoms with Crippen LogP contribution in [-0.2, 0) is 6.54 Å². The van der Waals surface area contributed by atoms with Gasteiger partial charge >= 0.3 is 0 Å². The normalized spacial score (nSPS) is 20.6. The molecule has 5 rings (SSSR count). The summed E-state index contributed by atoms with van der Waals surface area (Å²) in [5.74, 6) is 2.31. The SMILES string of the molecule is c1coc(-c2nnc(C[NH+]3CCC(c4nc5ccccc5s4)CC3)o2)c1. The molecular weight excluding hydrogens is 348 g/mol. The summed E-state index contributed by atoms with van der Waals surface area (Å²) < 4.78 is 12.3. The predicted octanol–water partition coefficient (Wildman–Crippen LogP) is 2.90. The minimum absolute atomic E-state index is 0.453. The maximum absolute atomic E-state index is 5.74. The van der Waals surface area contributed by atoms with Crippen molar-refractivity contribution in [2.24, 2.45) is 0 Å². The second-order valence-corrected chi connectivity index (χ2v) is 7.76. The lowest BCUT2D eigenvalue weighted by molar-refractivity contribution is -0.920. The van der Waals surface area contributed by atoms with Crippen LogP contribution in [0.25, 0.3) is 21.9 Å². The number of nitrogens with one attached hydrogen (secondary N) is 1. The number of furan rings is 1. The molecule has 6 nitrogen and oxygen atoms in total. The third-order valence-electron chi connectivity index (χ3n) is 4.95. The van der Waals surface area contributed by atoms with E-state index in [1.807, 2.05) is 23.5 Å². The zero-order valence-corrected chi connectivity index (χ0v) is 15.0. The van der Waals surface area contributed by atoms with Gasteiger partial charge in [-0.15, -0.1) is 21.5 Å². The molecule has 3 aromatic heterocycles. The van der Waals surface area contributed by atoms with Gasteiger partial charge in [0.25, 0.3) is 11.8 Å². The molecule has 0 atom stereocenters. The molecule has 1 fully saturated rings. The van der Waals surface area contributed by atoms with E-state index in [0.29, 0.717) is 23.5 Å². The van der Waals surface area contributed by atoms with E-state index in [-0.39, 0.29) is 0 Å². The second kappa shape index (κ2) is 6.66. The van der Waals surface area contributed by atoms with Crippen LogP contribution in [0.4, 0.5) is 0 Å². The Bertz CT molecular complexity index is 967. The minimum Gasteiger partial charge on any atom is -0.459 e. The van der Waals surface area contributed by atoms with Gasteiger partial charge in [0, 0.05) is 18.8 Å². The summed E-state index contributed by atoms with van der Waals surface area (Å²) in [7, 11) is 0. The van der Waals surface area contributed by atoms with Crippen LogP contribution in [-0.4, -0.2) is 28.3 Å². The quantitative estimate of drug-likeness (QED) is 0.601. The van der Waals surface area contributed by atoms with Gasteiger partial charge in [-0.1, -0.05) is 12.1 Å². The van der Waals surface area contributed by atoms with Crippen molar-refractivity contribution in [2.45, 2.75) is 25.3 Å². The summed E-state index contributed by atoms with van der Waals surface area (Å²) in [6.07, 6.45) is 3.90. The number of para-hydroxylation sites is 1. The van der Waals surface area contributed by atoms with Crippen LogP contribution >= 0.6 is 11.3 Å². The molecule has 0 radical (unpaired) electrons. The standard InChI is InChI=1S/C19H18N4O2S/c1-2-6-16-14(4-1)20-19(26-16)13-7-9-23(10-8-13)12-17-21-22-18(25-17)15-5-3-11-24-15/h1-6,11,13H,7-10,12H2/p+1. The van der Waals surface area contributed by atoms with Gasteiger partial charge in [0.2, 0.25) is 0 Å². The van der Waals surface area contributed by atoms with E-state index in [4.69, 9.17) is 13.8 Å². The molecule has 0 amide bonds. The topological polar surface area (TPSA) is 69.4 Å². The number of hydrogen-bond donors (Lipinski definition) is 1. The Balaban J connectivity index is 1.22. The summed E-state index contributed by atoms with van der Waals surface area (Å²) in [6, 6.07) is 12.0. The van der Waals surface area contributed by atoms with Crippen molar-refractivity contribution >= 4 is 21.6 Å². The molecule has 1 aliphatic rings. The number of hydrogen-bond acceptors (Lipinski definition) is 6. The van der Waals surface area contributed by atoms with E-state index in [1.54, 1.807) is 6.26 Å². The zero-order valence-electron chi connectivity index (χ0n) is 14.2. The summed E-state index contributed by atoms with van der Waals surface area (Å²) in [5, 5.41) is 9.52. The monoisotopic (exact) mass is 367 g/mol. The average molecular weight is 367 g/mol. The molecule has 132 valence electrons. The molecule has 7 heteroatoms. The van der Waals surface area contributed by atoms with Crippen molar-refractivity contribution in [2.75, 3.05) is 13.1 Å². The van der Waals surface area contributed by atoms with Gasteiger partial charge in [0.05, 0.1) is 34.6 Å². The third kappa shape index (κ3) is 3.04. The summed E-state index contributed by atoms with van der Waals surface area (Å²) in [5.41, 5.74) is 1.12. The van der Waals surface area contributed by atoms with Crippen LogP contribution < -0.4 is 4.90 Å². The molecule has 1 N–H and O–H groups in total. The van der Waals surface area contributed by atoms with Gasteiger partial charge < -0.3 is 13.7 Å². The first kappa shape index (κ1) is 15.7. The molecule has 1 aromatic carbocycles. The van der Waals surface area contributed by atoms with Gasteiger partial charge in [-0.2, -0.15) is 0 Å². The van der Waals surface area contributed by atoms with Gasteiger partial charge in [-0.05, 0) is 24.3 Å². The van der Waals surface area contributed by atoms with Crippen LogP contribution in [0.5, 0.6) is 0 Å². The maximum Gasteiger partial charge on any atom is 0.283 e. The highest BCUT2D eigenvalue weighted by atomic mass is 32.1. The minimum atomic E-state index is 0.453. The van der Waals surface area contributed by atoms with Gasteiger partial charge in [0.15, 0.2) is 12.3 Å². The lowest BCUT2D eigenvalue weighted by Gasteiger charge is -2.27. The number of likely N-dealkylation sites (tertiary alicyclic amines) is 1. The Hall–Kier alpha value is -2.51. The lowest BCUT2D eigenvalue weighted by Crippen LogP contribution is -3.11. The lowest BCUT2D eigenvalue weighted by atomic mass is 9.97. The largest absolute Gasteiger partial charge is 0.459 e. The smallest absolute Gasteiger partial charge is 0.283 e.